The summed E-state index contributed by atoms with van der Waals surface area (Å²) in [5, 5.41) is 3.79. The SMILES string of the molecule is CC(C)C1CCN(CC2(CNC(C)(C)C)CCCC2)CC1. The Kier molecular flexibility index (Phi) is 5.76. The van der Waals surface area contributed by atoms with Crippen LogP contribution in [0.1, 0.15) is 73.1 Å². The van der Waals surface area contributed by atoms with Gasteiger partial charge in [-0.2, -0.15) is 0 Å². The van der Waals surface area contributed by atoms with Crippen molar-refractivity contribution in [3.63, 3.8) is 0 Å². The van der Waals surface area contributed by atoms with E-state index in [0.717, 1.165) is 11.8 Å². The minimum Gasteiger partial charge on any atom is -0.311 e. The third-order valence-electron chi connectivity index (χ3n) is 5.79. The minimum absolute atomic E-state index is 0.250. The number of hydrogen-bond acceptors (Lipinski definition) is 2. The Morgan fingerprint density at radius 2 is 1.67 bits per heavy atom. The van der Waals surface area contributed by atoms with E-state index in [1.165, 1.54) is 64.7 Å². The molecule has 0 unspecified atom stereocenters. The molecule has 1 heterocycles. The van der Waals surface area contributed by atoms with Crippen molar-refractivity contribution in [3.05, 3.63) is 0 Å². The van der Waals surface area contributed by atoms with Crippen LogP contribution in [0.3, 0.4) is 0 Å². The van der Waals surface area contributed by atoms with Crippen LogP contribution in [0.5, 0.6) is 0 Å². The van der Waals surface area contributed by atoms with Crippen LogP contribution in [-0.2, 0) is 0 Å². The highest BCUT2D eigenvalue weighted by atomic mass is 15.1. The second kappa shape index (κ2) is 7.00. The normalized spacial score (nSPS) is 24.9. The molecule has 124 valence electrons. The minimum atomic E-state index is 0.250. The highest BCUT2D eigenvalue weighted by Gasteiger charge is 2.37. The monoisotopic (exact) mass is 294 g/mol. The summed E-state index contributed by atoms with van der Waals surface area (Å²) >= 11 is 0. The van der Waals surface area contributed by atoms with Gasteiger partial charge >= 0.3 is 0 Å². The quantitative estimate of drug-likeness (QED) is 0.813. The largest absolute Gasteiger partial charge is 0.311 e. The predicted molar refractivity (Wildman–Crippen MR) is 92.7 cm³/mol. The van der Waals surface area contributed by atoms with E-state index in [1.807, 2.05) is 0 Å². The molecule has 2 fully saturated rings. The van der Waals surface area contributed by atoms with Gasteiger partial charge in [0.15, 0.2) is 0 Å². The first-order chi connectivity index (χ1) is 9.80. The van der Waals surface area contributed by atoms with Crippen molar-refractivity contribution in [1.29, 1.82) is 0 Å². The van der Waals surface area contributed by atoms with Gasteiger partial charge in [-0.15, -0.1) is 0 Å². The summed E-state index contributed by atoms with van der Waals surface area (Å²) in [4.78, 5) is 2.77. The van der Waals surface area contributed by atoms with Crippen LogP contribution >= 0.6 is 0 Å². The molecule has 2 heteroatoms. The highest BCUT2D eigenvalue weighted by molar-refractivity contribution is 4.92. The van der Waals surface area contributed by atoms with Gasteiger partial charge in [0.05, 0.1) is 0 Å². The van der Waals surface area contributed by atoms with Gasteiger partial charge in [0.2, 0.25) is 0 Å². The number of likely N-dealkylation sites (tertiary alicyclic amines) is 1. The molecule has 1 aliphatic carbocycles. The third-order valence-corrected chi connectivity index (χ3v) is 5.79. The lowest BCUT2D eigenvalue weighted by molar-refractivity contribution is 0.0943. The van der Waals surface area contributed by atoms with Gasteiger partial charge in [-0.3, -0.25) is 0 Å². The van der Waals surface area contributed by atoms with Crippen LogP contribution in [-0.4, -0.2) is 36.6 Å². The average Bonchev–Trinajstić information content (AvgIpc) is 2.85. The summed E-state index contributed by atoms with van der Waals surface area (Å²) in [6, 6.07) is 0. The Hall–Kier alpha value is -0.0800. The van der Waals surface area contributed by atoms with E-state index in [9.17, 15) is 0 Å². The van der Waals surface area contributed by atoms with Gasteiger partial charge in [0.1, 0.15) is 0 Å². The first-order valence-corrected chi connectivity index (χ1v) is 9.27. The highest BCUT2D eigenvalue weighted by Crippen LogP contribution is 2.39. The molecule has 0 atom stereocenters. The zero-order valence-electron chi connectivity index (χ0n) is 15.2. The summed E-state index contributed by atoms with van der Waals surface area (Å²) in [7, 11) is 0. The molecule has 1 saturated heterocycles. The lowest BCUT2D eigenvalue weighted by atomic mass is 9.82. The molecule has 2 rings (SSSR count). The van der Waals surface area contributed by atoms with Crippen molar-refractivity contribution in [3.8, 4) is 0 Å². The number of rotatable bonds is 5. The fraction of sp³-hybridized carbons (Fsp3) is 1.00. The van der Waals surface area contributed by atoms with Crippen LogP contribution < -0.4 is 5.32 Å². The van der Waals surface area contributed by atoms with Gasteiger partial charge in [0.25, 0.3) is 0 Å². The molecule has 1 N–H and O–H groups in total. The van der Waals surface area contributed by atoms with Crippen molar-refractivity contribution in [2.75, 3.05) is 26.2 Å². The molecule has 0 amide bonds. The summed E-state index contributed by atoms with van der Waals surface area (Å²) < 4.78 is 0. The van der Waals surface area contributed by atoms with Gasteiger partial charge in [-0.25, -0.2) is 0 Å². The first-order valence-electron chi connectivity index (χ1n) is 9.27. The fourth-order valence-electron chi connectivity index (χ4n) is 4.22. The van der Waals surface area contributed by atoms with Gasteiger partial charge in [-0.1, -0.05) is 26.7 Å². The van der Waals surface area contributed by atoms with E-state index in [-0.39, 0.29) is 5.54 Å². The molecular formula is C19H38N2. The Balaban J connectivity index is 1.86. The van der Waals surface area contributed by atoms with E-state index in [2.05, 4.69) is 44.8 Å². The van der Waals surface area contributed by atoms with Gasteiger partial charge in [0, 0.05) is 18.6 Å². The Bertz CT molecular complexity index is 302. The Morgan fingerprint density at radius 1 is 1.10 bits per heavy atom. The van der Waals surface area contributed by atoms with E-state index in [0.29, 0.717) is 5.41 Å². The third kappa shape index (κ3) is 5.25. The number of nitrogens with zero attached hydrogens (tertiary/aromatic N) is 1. The first kappa shape index (κ1) is 17.3. The number of hydrogen-bond donors (Lipinski definition) is 1. The second-order valence-corrected chi connectivity index (χ2v) is 9.17. The molecule has 0 aromatic rings. The molecule has 2 aliphatic rings. The molecule has 1 saturated carbocycles. The van der Waals surface area contributed by atoms with Gasteiger partial charge < -0.3 is 10.2 Å². The molecule has 0 aromatic heterocycles. The maximum absolute atomic E-state index is 3.79. The maximum atomic E-state index is 3.79. The molecule has 21 heavy (non-hydrogen) atoms. The standard InChI is InChI=1S/C19H38N2/c1-16(2)17-8-12-21(13-9-17)15-19(10-6-7-11-19)14-20-18(3,4)5/h16-17,20H,6-15H2,1-5H3. The summed E-state index contributed by atoms with van der Waals surface area (Å²) in [6.07, 6.45) is 8.57. The van der Waals surface area contributed by atoms with Crippen LogP contribution in [0, 0.1) is 17.3 Å². The topological polar surface area (TPSA) is 15.3 Å². The van der Waals surface area contributed by atoms with Gasteiger partial charge in [-0.05, 0) is 76.8 Å². The zero-order valence-corrected chi connectivity index (χ0v) is 15.2. The Morgan fingerprint density at radius 3 is 2.14 bits per heavy atom. The lowest BCUT2D eigenvalue weighted by Gasteiger charge is -2.41. The number of piperidine rings is 1. The summed E-state index contributed by atoms with van der Waals surface area (Å²) in [5.74, 6) is 1.84. The molecular weight excluding hydrogens is 256 g/mol. The molecule has 0 bridgehead atoms. The van der Waals surface area contributed by atoms with Crippen LogP contribution in [0.2, 0.25) is 0 Å². The van der Waals surface area contributed by atoms with Crippen LogP contribution in [0.25, 0.3) is 0 Å². The van der Waals surface area contributed by atoms with Crippen LogP contribution in [0.4, 0.5) is 0 Å². The molecule has 0 spiro atoms. The smallest absolute Gasteiger partial charge is 0.00967 e. The van der Waals surface area contributed by atoms with Crippen molar-refractivity contribution < 1.29 is 0 Å². The van der Waals surface area contributed by atoms with Crippen molar-refractivity contribution in [2.24, 2.45) is 17.3 Å². The lowest BCUT2D eigenvalue weighted by Crippen LogP contribution is -2.49. The molecule has 0 aromatic carbocycles. The summed E-state index contributed by atoms with van der Waals surface area (Å²) in [5.41, 5.74) is 0.804. The van der Waals surface area contributed by atoms with E-state index in [1.54, 1.807) is 0 Å². The average molecular weight is 295 g/mol. The maximum Gasteiger partial charge on any atom is 0.00967 e. The zero-order chi connectivity index (χ0) is 15.5. The Labute approximate surface area is 133 Å². The molecule has 1 aliphatic heterocycles. The van der Waals surface area contributed by atoms with Crippen molar-refractivity contribution in [1.82, 2.24) is 10.2 Å². The van der Waals surface area contributed by atoms with E-state index >= 15 is 0 Å². The second-order valence-electron chi connectivity index (χ2n) is 9.17. The number of nitrogens with one attached hydrogen (secondary N) is 1. The van der Waals surface area contributed by atoms with E-state index in [4.69, 9.17) is 0 Å². The summed E-state index contributed by atoms with van der Waals surface area (Å²) in [6.45, 7) is 16.9. The predicted octanol–water partition coefficient (Wildman–Crippen LogP) is 4.30. The molecule has 0 radical (unpaired) electrons. The van der Waals surface area contributed by atoms with E-state index < -0.39 is 0 Å². The molecule has 2 nitrogen and oxygen atoms in total. The van der Waals surface area contributed by atoms with Crippen molar-refractivity contribution in [2.45, 2.75) is 78.7 Å². The van der Waals surface area contributed by atoms with Crippen LogP contribution in [0.15, 0.2) is 0 Å². The fourth-order valence-corrected chi connectivity index (χ4v) is 4.22. The van der Waals surface area contributed by atoms with Crippen molar-refractivity contribution >= 4 is 0 Å².